The molecule has 0 bridgehead atoms. The van der Waals surface area contributed by atoms with E-state index in [1.807, 2.05) is 24.3 Å². The summed E-state index contributed by atoms with van der Waals surface area (Å²) in [6, 6.07) is 15.8. The van der Waals surface area contributed by atoms with Gasteiger partial charge in [0.1, 0.15) is 40.9 Å². The van der Waals surface area contributed by atoms with Crippen molar-refractivity contribution in [3.63, 3.8) is 0 Å². The second-order valence-electron chi connectivity index (χ2n) is 9.06. The minimum Gasteiger partial charge on any atom is -0.491 e. The Morgan fingerprint density at radius 1 is 1.09 bits per heavy atom. The molecule has 1 saturated heterocycles. The van der Waals surface area contributed by atoms with E-state index in [1.54, 1.807) is 38.4 Å². The summed E-state index contributed by atoms with van der Waals surface area (Å²) in [7, 11) is 0. The van der Waals surface area contributed by atoms with Crippen molar-refractivity contribution in [2.75, 3.05) is 24.6 Å². The zero-order valence-electron chi connectivity index (χ0n) is 19.9. The molecule has 2 aromatic heterocycles. The van der Waals surface area contributed by atoms with Crippen LogP contribution in [0, 0.1) is 22.7 Å². The number of thioether (sulfide) groups is 1. The monoisotopic (exact) mass is 485 g/mol. The van der Waals surface area contributed by atoms with Gasteiger partial charge in [-0.15, -0.1) is 11.8 Å². The Hall–Kier alpha value is -3.59. The lowest BCUT2D eigenvalue weighted by atomic mass is 9.96. The molecule has 4 rings (SSSR count). The standard InChI is InChI=1S/C27H27N5O2S/c1-27(2,33)18-34-21-9-7-20(8-10-21)24-22(14-28)25(32-12-3-4-13-32)31-26(23(24)15-29)35-17-19-6-5-11-30-16-19/h5-11,16,33H,3-4,12-13,17-18H2,1-2H3. The number of nitriles is 2. The van der Waals surface area contributed by atoms with Crippen molar-refractivity contribution in [3.05, 3.63) is 65.5 Å². The Bertz CT molecular complexity index is 1250. The summed E-state index contributed by atoms with van der Waals surface area (Å²) in [4.78, 5) is 11.2. The predicted octanol–water partition coefficient (Wildman–Crippen LogP) is 4.93. The van der Waals surface area contributed by atoms with E-state index in [-0.39, 0.29) is 6.61 Å². The lowest BCUT2D eigenvalue weighted by Crippen LogP contribution is -2.27. The van der Waals surface area contributed by atoms with Gasteiger partial charge >= 0.3 is 0 Å². The molecule has 1 N–H and O–H groups in total. The smallest absolute Gasteiger partial charge is 0.148 e. The fourth-order valence-electron chi connectivity index (χ4n) is 3.93. The molecule has 1 aliphatic rings. The van der Waals surface area contributed by atoms with Crippen molar-refractivity contribution in [2.45, 2.75) is 43.1 Å². The Labute approximate surface area is 210 Å². The third-order valence-corrected chi connectivity index (χ3v) is 6.65. The highest BCUT2D eigenvalue weighted by Gasteiger charge is 2.26. The van der Waals surface area contributed by atoms with Gasteiger partial charge in [-0.2, -0.15) is 10.5 Å². The Morgan fingerprint density at radius 3 is 2.40 bits per heavy atom. The van der Waals surface area contributed by atoms with Crippen molar-refractivity contribution in [1.29, 1.82) is 10.5 Å². The van der Waals surface area contributed by atoms with Crippen LogP contribution in [0.5, 0.6) is 5.75 Å². The molecule has 0 unspecified atom stereocenters. The van der Waals surface area contributed by atoms with Gasteiger partial charge in [0, 0.05) is 36.8 Å². The minimum atomic E-state index is -0.948. The molecule has 0 saturated carbocycles. The van der Waals surface area contributed by atoms with Crippen LogP contribution < -0.4 is 9.64 Å². The molecule has 0 radical (unpaired) electrons. The first kappa shape index (κ1) is 24.5. The van der Waals surface area contributed by atoms with E-state index in [0.717, 1.165) is 37.1 Å². The predicted molar refractivity (Wildman–Crippen MR) is 136 cm³/mol. The summed E-state index contributed by atoms with van der Waals surface area (Å²) in [6.07, 6.45) is 5.63. The average Bonchev–Trinajstić information content (AvgIpc) is 3.40. The molecule has 1 fully saturated rings. The van der Waals surface area contributed by atoms with Crippen LogP contribution >= 0.6 is 11.8 Å². The van der Waals surface area contributed by atoms with Gasteiger partial charge in [0.05, 0.1) is 11.2 Å². The van der Waals surface area contributed by atoms with Gasteiger partial charge in [0.15, 0.2) is 0 Å². The summed E-state index contributed by atoms with van der Waals surface area (Å²) in [5.74, 6) is 1.85. The van der Waals surface area contributed by atoms with E-state index < -0.39 is 5.60 Å². The normalized spacial score (nSPS) is 13.3. The number of anilines is 1. The highest BCUT2D eigenvalue weighted by molar-refractivity contribution is 7.98. The number of rotatable bonds is 8. The maximum Gasteiger partial charge on any atom is 0.148 e. The first-order valence-electron chi connectivity index (χ1n) is 11.5. The highest BCUT2D eigenvalue weighted by atomic mass is 32.2. The number of nitrogens with zero attached hydrogens (tertiary/aromatic N) is 5. The van der Waals surface area contributed by atoms with E-state index in [9.17, 15) is 15.6 Å². The van der Waals surface area contributed by atoms with Crippen molar-refractivity contribution in [3.8, 4) is 29.0 Å². The number of aromatic nitrogens is 2. The second kappa shape index (κ2) is 10.8. The molecule has 1 aliphatic heterocycles. The summed E-state index contributed by atoms with van der Waals surface area (Å²) in [5.41, 5.74) is 2.24. The Morgan fingerprint density at radius 2 is 1.80 bits per heavy atom. The van der Waals surface area contributed by atoms with Crippen LogP contribution in [0.15, 0.2) is 53.8 Å². The molecule has 35 heavy (non-hydrogen) atoms. The van der Waals surface area contributed by atoms with Crippen molar-refractivity contribution in [1.82, 2.24) is 9.97 Å². The first-order chi connectivity index (χ1) is 16.9. The van der Waals surface area contributed by atoms with Crippen LogP contribution in [0.4, 0.5) is 5.82 Å². The largest absolute Gasteiger partial charge is 0.491 e. The van der Waals surface area contributed by atoms with Gasteiger partial charge in [-0.05, 0) is 56.0 Å². The van der Waals surface area contributed by atoms with E-state index in [4.69, 9.17) is 9.72 Å². The number of pyridine rings is 2. The van der Waals surface area contributed by atoms with Crippen molar-refractivity contribution >= 4 is 17.6 Å². The molecule has 1 aromatic carbocycles. The van der Waals surface area contributed by atoms with Gasteiger partial charge in [-0.1, -0.05) is 18.2 Å². The average molecular weight is 486 g/mol. The van der Waals surface area contributed by atoms with E-state index in [1.165, 1.54) is 11.8 Å². The van der Waals surface area contributed by atoms with E-state index in [0.29, 0.717) is 39.0 Å². The minimum absolute atomic E-state index is 0.155. The SMILES string of the molecule is CC(C)(O)COc1ccc(-c2c(C#N)c(SCc3cccnc3)nc(N3CCCC3)c2C#N)cc1. The van der Waals surface area contributed by atoms with E-state index in [2.05, 4.69) is 22.0 Å². The molecule has 3 aromatic rings. The summed E-state index contributed by atoms with van der Waals surface area (Å²) >= 11 is 1.48. The van der Waals surface area contributed by atoms with Crippen molar-refractivity contribution < 1.29 is 9.84 Å². The van der Waals surface area contributed by atoms with Crippen LogP contribution in [0.25, 0.3) is 11.1 Å². The molecule has 8 heteroatoms. The van der Waals surface area contributed by atoms with Crippen LogP contribution in [-0.2, 0) is 5.75 Å². The number of hydrogen-bond acceptors (Lipinski definition) is 8. The molecule has 0 spiro atoms. The maximum absolute atomic E-state index is 10.2. The number of hydrogen-bond donors (Lipinski definition) is 1. The molecular weight excluding hydrogens is 458 g/mol. The quantitative estimate of drug-likeness (QED) is 0.448. The van der Waals surface area contributed by atoms with Crippen LogP contribution in [-0.4, -0.2) is 40.4 Å². The molecule has 7 nitrogen and oxygen atoms in total. The molecule has 0 atom stereocenters. The molecule has 3 heterocycles. The molecule has 0 aliphatic carbocycles. The fraction of sp³-hybridized carbons (Fsp3) is 0.333. The Kier molecular flexibility index (Phi) is 7.55. The number of ether oxygens (including phenoxy) is 1. The third kappa shape index (κ3) is 5.92. The van der Waals surface area contributed by atoms with Gasteiger partial charge in [-0.25, -0.2) is 4.98 Å². The summed E-state index contributed by atoms with van der Waals surface area (Å²) in [6.45, 7) is 5.19. The summed E-state index contributed by atoms with van der Waals surface area (Å²) < 4.78 is 5.68. The lowest BCUT2D eigenvalue weighted by molar-refractivity contribution is 0.0285. The molecule has 0 amide bonds. The third-order valence-electron chi connectivity index (χ3n) is 5.61. The van der Waals surface area contributed by atoms with Gasteiger partial charge < -0.3 is 14.7 Å². The maximum atomic E-state index is 10.2. The Balaban J connectivity index is 1.77. The summed E-state index contributed by atoms with van der Waals surface area (Å²) in [5, 5.41) is 30.9. The molecule has 178 valence electrons. The highest BCUT2D eigenvalue weighted by Crippen LogP contribution is 2.39. The topological polar surface area (TPSA) is 106 Å². The van der Waals surface area contributed by atoms with Crippen LogP contribution in [0.1, 0.15) is 43.4 Å². The van der Waals surface area contributed by atoms with Crippen LogP contribution in [0.3, 0.4) is 0 Å². The van der Waals surface area contributed by atoms with Crippen LogP contribution in [0.2, 0.25) is 0 Å². The second-order valence-corrected chi connectivity index (χ2v) is 10.0. The number of aliphatic hydroxyl groups is 1. The van der Waals surface area contributed by atoms with Crippen molar-refractivity contribution in [2.24, 2.45) is 0 Å². The fourth-order valence-corrected chi connectivity index (χ4v) is 4.84. The first-order valence-corrected chi connectivity index (χ1v) is 12.5. The zero-order chi connectivity index (χ0) is 24.8. The number of benzene rings is 1. The zero-order valence-corrected chi connectivity index (χ0v) is 20.7. The van der Waals surface area contributed by atoms with Gasteiger partial charge in [-0.3, -0.25) is 4.98 Å². The van der Waals surface area contributed by atoms with Gasteiger partial charge in [0.2, 0.25) is 0 Å². The van der Waals surface area contributed by atoms with Gasteiger partial charge in [0.25, 0.3) is 0 Å². The van der Waals surface area contributed by atoms with E-state index >= 15 is 0 Å². The lowest BCUT2D eigenvalue weighted by Gasteiger charge is -2.22. The molecular formula is C27H27N5O2S.